The number of hydrogen-bond donors (Lipinski definition) is 2. The molecule has 0 unspecified atom stereocenters. The SMILES string of the molecule is CCNC(=NCc1cccc(OCC(=O)N(C)C)c1)N1CCC(CC(=O)NC)CC1. The maximum absolute atomic E-state index is 11.7. The summed E-state index contributed by atoms with van der Waals surface area (Å²) in [5.74, 6) is 2.03. The van der Waals surface area contributed by atoms with Gasteiger partial charge < -0.3 is 25.2 Å². The van der Waals surface area contributed by atoms with Gasteiger partial charge in [0.1, 0.15) is 5.75 Å². The van der Waals surface area contributed by atoms with Gasteiger partial charge in [-0.3, -0.25) is 9.59 Å². The lowest BCUT2D eigenvalue weighted by molar-refractivity contribution is -0.130. The molecule has 1 aliphatic rings. The van der Waals surface area contributed by atoms with Gasteiger partial charge in [-0.05, 0) is 43.4 Å². The second-order valence-electron chi connectivity index (χ2n) is 7.70. The van der Waals surface area contributed by atoms with Crippen molar-refractivity contribution in [1.82, 2.24) is 20.4 Å². The summed E-state index contributed by atoms with van der Waals surface area (Å²) in [5.41, 5.74) is 1.02. The van der Waals surface area contributed by atoms with Crippen molar-refractivity contribution in [2.45, 2.75) is 32.7 Å². The Labute approximate surface area is 179 Å². The number of nitrogens with zero attached hydrogens (tertiary/aromatic N) is 3. The highest BCUT2D eigenvalue weighted by molar-refractivity contribution is 5.80. The topological polar surface area (TPSA) is 86.3 Å². The second kappa shape index (κ2) is 12.0. The first-order valence-corrected chi connectivity index (χ1v) is 10.6. The minimum Gasteiger partial charge on any atom is -0.484 e. The number of hydrogen-bond acceptors (Lipinski definition) is 4. The number of nitrogens with one attached hydrogen (secondary N) is 2. The largest absolute Gasteiger partial charge is 0.484 e. The molecule has 8 nitrogen and oxygen atoms in total. The first kappa shape index (κ1) is 23.5. The number of ether oxygens (including phenoxy) is 1. The van der Waals surface area contributed by atoms with Gasteiger partial charge in [0.15, 0.2) is 12.6 Å². The van der Waals surface area contributed by atoms with Crippen molar-refractivity contribution < 1.29 is 14.3 Å². The molecule has 1 saturated heterocycles. The molecule has 1 fully saturated rings. The monoisotopic (exact) mass is 417 g/mol. The van der Waals surface area contributed by atoms with Gasteiger partial charge in [-0.15, -0.1) is 0 Å². The van der Waals surface area contributed by atoms with E-state index in [0.717, 1.165) is 44.0 Å². The van der Waals surface area contributed by atoms with Gasteiger partial charge in [0.25, 0.3) is 5.91 Å². The van der Waals surface area contributed by atoms with E-state index >= 15 is 0 Å². The average Bonchev–Trinajstić information content (AvgIpc) is 2.75. The van der Waals surface area contributed by atoms with E-state index in [2.05, 4.69) is 22.5 Å². The van der Waals surface area contributed by atoms with Crippen molar-refractivity contribution in [2.75, 3.05) is 47.4 Å². The van der Waals surface area contributed by atoms with E-state index in [9.17, 15) is 9.59 Å². The zero-order valence-corrected chi connectivity index (χ0v) is 18.6. The van der Waals surface area contributed by atoms with Crippen LogP contribution >= 0.6 is 0 Å². The molecule has 0 aliphatic carbocycles. The third kappa shape index (κ3) is 7.57. The summed E-state index contributed by atoms with van der Waals surface area (Å²) >= 11 is 0. The van der Waals surface area contributed by atoms with Crippen molar-refractivity contribution in [3.05, 3.63) is 29.8 Å². The van der Waals surface area contributed by atoms with Crippen LogP contribution in [-0.4, -0.2) is 75.0 Å². The van der Waals surface area contributed by atoms with Gasteiger partial charge in [0.05, 0.1) is 6.54 Å². The van der Waals surface area contributed by atoms with E-state index in [4.69, 9.17) is 9.73 Å². The van der Waals surface area contributed by atoms with E-state index in [1.807, 2.05) is 24.3 Å². The number of piperidine rings is 1. The van der Waals surface area contributed by atoms with Crippen LogP contribution in [0.3, 0.4) is 0 Å². The Hall–Kier alpha value is -2.77. The van der Waals surface area contributed by atoms with Crippen molar-refractivity contribution in [1.29, 1.82) is 0 Å². The van der Waals surface area contributed by atoms with E-state index < -0.39 is 0 Å². The van der Waals surface area contributed by atoms with Crippen LogP contribution < -0.4 is 15.4 Å². The minimum atomic E-state index is -0.0762. The Morgan fingerprint density at radius 3 is 2.63 bits per heavy atom. The molecular weight excluding hydrogens is 382 g/mol. The molecule has 30 heavy (non-hydrogen) atoms. The van der Waals surface area contributed by atoms with Gasteiger partial charge in [-0.1, -0.05) is 12.1 Å². The lowest BCUT2D eigenvalue weighted by atomic mass is 9.93. The predicted molar refractivity (Wildman–Crippen MR) is 118 cm³/mol. The summed E-state index contributed by atoms with van der Waals surface area (Å²) in [5, 5.41) is 6.08. The number of guanidine groups is 1. The Kier molecular flexibility index (Phi) is 9.44. The smallest absolute Gasteiger partial charge is 0.259 e. The highest BCUT2D eigenvalue weighted by atomic mass is 16.5. The summed E-state index contributed by atoms with van der Waals surface area (Å²) in [6.45, 7) is 5.19. The van der Waals surface area contributed by atoms with Crippen LogP contribution in [0.2, 0.25) is 0 Å². The summed E-state index contributed by atoms with van der Waals surface area (Å²) < 4.78 is 5.59. The minimum absolute atomic E-state index is 0.0212. The first-order valence-electron chi connectivity index (χ1n) is 10.6. The van der Waals surface area contributed by atoms with Crippen LogP contribution in [0.15, 0.2) is 29.3 Å². The molecule has 0 radical (unpaired) electrons. The quantitative estimate of drug-likeness (QED) is 0.494. The van der Waals surface area contributed by atoms with Gasteiger partial charge in [0.2, 0.25) is 5.91 Å². The molecule has 1 aromatic rings. The average molecular weight is 418 g/mol. The summed E-state index contributed by atoms with van der Waals surface area (Å²) in [7, 11) is 5.11. The Balaban J connectivity index is 1.94. The molecule has 0 atom stereocenters. The lowest BCUT2D eigenvalue weighted by Crippen LogP contribution is -2.46. The molecular formula is C22H35N5O3. The van der Waals surface area contributed by atoms with Gasteiger partial charge >= 0.3 is 0 Å². The molecule has 2 N–H and O–H groups in total. The summed E-state index contributed by atoms with van der Waals surface area (Å²) in [4.78, 5) is 31.9. The zero-order chi connectivity index (χ0) is 21.9. The van der Waals surface area contributed by atoms with Crippen molar-refractivity contribution >= 4 is 17.8 Å². The van der Waals surface area contributed by atoms with Gasteiger partial charge in [-0.25, -0.2) is 4.99 Å². The standard InChI is InChI=1S/C22H35N5O3/c1-5-24-22(27-11-9-17(10-12-27)14-20(28)23-2)25-15-18-7-6-8-19(13-18)30-16-21(29)26(3)4/h6-8,13,17H,5,9-12,14-16H2,1-4H3,(H,23,28)(H,24,25). The third-order valence-corrected chi connectivity index (χ3v) is 5.17. The number of carbonyl (C=O) groups is 2. The van der Waals surface area contributed by atoms with Crippen LogP contribution in [0.4, 0.5) is 0 Å². The van der Waals surface area contributed by atoms with E-state index in [1.54, 1.807) is 21.1 Å². The molecule has 1 heterocycles. The number of likely N-dealkylation sites (N-methyl/N-ethyl adjacent to an activating group) is 1. The maximum atomic E-state index is 11.7. The fraction of sp³-hybridized carbons (Fsp3) is 0.591. The molecule has 0 spiro atoms. The fourth-order valence-corrected chi connectivity index (χ4v) is 3.31. The zero-order valence-electron chi connectivity index (χ0n) is 18.6. The predicted octanol–water partition coefficient (Wildman–Crippen LogP) is 1.47. The highest BCUT2D eigenvalue weighted by Crippen LogP contribution is 2.21. The van der Waals surface area contributed by atoms with E-state index in [1.165, 1.54) is 4.90 Å². The Morgan fingerprint density at radius 1 is 1.27 bits per heavy atom. The van der Waals surface area contributed by atoms with Gasteiger partial charge in [0, 0.05) is 47.2 Å². The number of benzene rings is 1. The molecule has 2 rings (SSSR count). The summed E-state index contributed by atoms with van der Waals surface area (Å²) in [6.07, 6.45) is 2.57. The molecule has 0 bridgehead atoms. The maximum Gasteiger partial charge on any atom is 0.259 e. The normalized spacial score (nSPS) is 14.9. The Morgan fingerprint density at radius 2 is 2.00 bits per heavy atom. The molecule has 8 heteroatoms. The number of aliphatic imine (C=N–C) groups is 1. The third-order valence-electron chi connectivity index (χ3n) is 5.17. The summed E-state index contributed by atoms with van der Waals surface area (Å²) in [6, 6.07) is 7.69. The van der Waals surface area contributed by atoms with Crippen molar-refractivity contribution in [3.63, 3.8) is 0 Å². The molecule has 0 saturated carbocycles. The van der Waals surface area contributed by atoms with E-state index in [0.29, 0.717) is 24.6 Å². The lowest BCUT2D eigenvalue weighted by Gasteiger charge is -2.34. The van der Waals surface area contributed by atoms with Crippen LogP contribution in [0.5, 0.6) is 5.75 Å². The molecule has 166 valence electrons. The number of carbonyl (C=O) groups excluding carboxylic acids is 2. The molecule has 0 aromatic heterocycles. The Bertz CT molecular complexity index is 727. The number of likely N-dealkylation sites (tertiary alicyclic amines) is 1. The first-order chi connectivity index (χ1) is 14.4. The van der Waals surface area contributed by atoms with Crippen LogP contribution in [0.1, 0.15) is 31.7 Å². The number of amides is 2. The van der Waals surface area contributed by atoms with Crippen LogP contribution in [0.25, 0.3) is 0 Å². The molecule has 1 aliphatic heterocycles. The second-order valence-corrected chi connectivity index (χ2v) is 7.70. The van der Waals surface area contributed by atoms with Gasteiger partial charge in [-0.2, -0.15) is 0 Å². The highest BCUT2D eigenvalue weighted by Gasteiger charge is 2.23. The molecule has 2 amide bonds. The molecule has 1 aromatic carbocycles. The fourth-order valence-electron chi connectivity index (χ4n) is 3.31. The van der Waals surface area contributed by atoms with E-state index in [-0.39, 0.29) is 18.4 Å². The van der Waals surface area contributed by atoms with Crippen molar-refractivity contribution in [2.24, 2.45) is 10.9 Å². The van der Waals surface area contributed by atoms with Crippen LogP contribution in [0, 0.1) is 5.92 Å². The van der Waals surface area contributed by atoms with Crippen LogP contribution in [-0.2, 0) is 16.1 Å². The number of rotatable bonds is 8. The van der Waals surface area contributed by atoms with Crippen molar-refractivity contribution in [3.8, 4) is 5.75 Å².